The molecule has 0 fully saturated rings. The molecule has 2 amide bonds. The number of esters is 1. The van der Waals surface area contributed by atoms with Gasteiger partial charge in [-0.2, -0.15) is 0 Å². The Labute approximate surface area is 160 Å². The van der Waals surface area contributed by atoms with E-state index in [4.69, 9.17) is 14.2 Å². The van der Waals surface area contributed by atoms with Crippen LogP contribution in [0.15, 0.2) is 4.99 Å². The third-order valence-electron chi connectivity index (χ3n) is 3.42. The van der Waals surface area contributed by atoms with Crippen molar-refractivity contribution in [3.05, 3.63) is 0 Å². The molecule has 0 saturated heterocycles. The maximum absolute atomic E-state index is 12.3. The summed E-state index contributed by atoms with van der Waals surface area (Å²) >= 11 is 0. The van der Waals surface area contributed by atoms with Crippen molar-refractivity contribution >= 4 is 23.9 Å². The topological polar surface area (TPSA) is 107 Å². The van der Waals surface area contributed by atoms with E-state index in [1.807, 2.05) is 0 Å². The lowest BCUT2D eigenvalue weighted by Gasteiger charge is -2.26. The van der Waals surface area contributed by atoms with Crippen LogP contribution in [0.25, 0.3) is 0 Å². The lowest BCUT2D eigenvalue weighted by Crippen LogP contribution is -2.46. The highest BCUT2D eigenvalue weighted by Crippen LogP contribution is 2.18. The molecular formula is C18H31N3O6. The van der Waals surface area contributed by atoms with Gasteiger partial charge in [-0.25, -0.2) is 14.4 Å². The average molecular weight is 385 g/mol. The number of carbonyl (C=O) groups excluding carboxylic acids is 3. The van der Waals surface area contributed by atoms with Crippen LogP contribution in [0.4, 0.5) is 9.59 Å². The Kier molecular flexibility index (Phi) is 7.22. The van der Waals surface area contributed by atoms with Crippen molar-refractivity contribution in [3.8, 4) is 0 Å². The summed E-state index contributed by atoms with van der Waals surface area (Å²) in [4.78, 5) is 42.2. The third kappa shape index (κ3) is 7.84. The molecule has 0 aromatic heterocycles. The van der Waals surface area contributed by atoms with Crippen LogP contribution in [-0.4, -0.2) is 65.8 Å². The summed E-state index contributed by atoms with van der Waals surface area (Å²) in [7, 11) is 1.23. The zero-order valence-electron chi connectivity index (χ0n) is 17.4. The van der Waals surface area contributed by atoms with E-state index in [0.717, 1.165) is 0 Å². The van der Waals surface area contributed by atoms with Crippen LogP contribution in [0.1, 0.15) is 54.9 Å². The molecule has 1 rings (SSSR count). The molecule has 0 aliphatic carbocycles. The van der Waals surface area contributed by atoms with Crippen LogP contribution >= 0.6 is 0 Å². The molecule has 1 aliphatic heterocycles. The van der Waals surface area contributed by atoms with E-state index in [1.54, 1.807) is 48.5 Å². The van der Waals surface area contributed by atoms with Crippen molar-refractivity contribution < 1.29 is 28.6 Å². The van der Waals surface area contributed by atoms with Gasteiger partial charge in [-0.15, -0.1) is 0 Å². The zero-order valence-corrected chi connectivity index (χ0v) is 17.4. The molecule has 27 heavy (non-hydrogen) atoms. The SMILES string of the molecule is COC(=O)C(CC1=NC(C)N(C(=O)OC(C)(C)C)C1)NC(=O)OC(C)(C)C. The van der Waals surface area contributed by atoms with Crippen LogP contribution in [0.5, 0.6) is 0 Å². The second-order valence-electron chi connectivity index (χ2n) is 8.36. The Morgan fingerprint density at radius 2 is 1.70 bits per heavy atom. The van der Waals surface area contributed by atoms with Gasteiger partial charge in [0.05, 0.1) is 13.7 Å². The van der Waals surface area contributed by atoms with E-state index in [9.17, 15) is 14.4 Å². The Morgan fingerprint density at radius 1 is 1.15 bits per heavy atom. The zero-order chi connectivity index (χ0) is 21.0. The minimum absolute atomic E-state index is 0.107. The lowest BCUT2D eigenvalue weighted by atomic mass is 10.1. The van der Waals surface area contributed by atoms with Crippen molar-refractivity contribution in [1.29, 1.82) is 0 Å². The molecule has 1 N–H and O–H groups in total. The third-order valence-corrected chi connectivity index (χ3v) is 3.42. The Morgan fingerprint density at radius 3 is 2.19 bits per heavy atom. The van der Waals surface area contributed by atoms with E-state index in [0.29, 0.717) is 5.71 Å². The summed E-state index contributed by atoms with van der Waals surface area (Å²) in [5, 5.41) is 2.50. The number of nitrogens with zero attached hydrogens (tertiary/aromatic N) is 2. The summed E-state index contributed by atoms with van der Waals surface area (Å²) in [5.41, 5.74) is -0.732. The molecule has 0 spiro atoms. The van der Waals surface area contributed by atoms with Crippen LogP contribution < -0.4 is 5.32 Å². The first-order valence-electron chi connectivity index (χ1n) is 8.84. The van der Waals surface area contributed by atoms with Gasteiger partial charge < -0.3 is 19.5 Å². The van der Waals surface area contributed by atoms with E-state index < -0.39 is 41.6 Å². The predicted molar refractivity (Wildman–Crippen MR) is 99.6 cm³/mol. The first-order chi connectivity index (χ1) is 12.2. The van der Waals surface area contributed by atoms with E-state index >= 15 is 0 Å². The fourth-order valence-electron chi connectivity index (χ4n) is 2.38. The van der Waals surface area contributed by atoms with E-state index in [-0.39, 0.29) is 13.0 Å². The second kappa shape index (κ2) is 8.58. The molecule has 2 unspecified atom stereocenters. The van der Waals surface area contributed by atoms with Gasteiger partial charge in [0.25, 0.3) is 0 Å². The Bertz CT molecular complexity index is 603. The van der Waals surface area contributed by atoms with Crippen LogP contribution in [0.2, 0.25) is 0 Å². The number of nitrogens with one attached hydrogen (secondary N) is 1. The molecule has 0 saturated carbocycles. The number of methoxy groups -OCH3 is 1. The normalized spacial score (nSPS) is 18.4. The van der Waals surface area contributed by atoms with Crippen LogP contribution in [0.3, 0.4) is 0 Å². The number of hydrogen-bond acceptors (Lipinski definition) is 7. The second-order valence-corrected chi connectivity index (χ2v) is 8.36. The average Bonchev–Trinajstić information content (AvgIpc) is 2.82. The molecule has 9 heteroatoms. The summed E-state index contributed by atoms with van der Waals surface area (Å²) in [6.45, 7) is 12.5. The minimum atomic E-state index is -0.964. The fourth-order valence-corrected chi connectivity index (χ4v) is 2.38. The molecule has 154 valence electrons. The van der Waals surface area contributed by atoms with Crippen molar-refractivity contribution in [2.75, 3.05) is 13.7 Å². The smallest absolute Gasteiger partial charge is 0.412 e. The van der Waals surface area contributed by atoms with Gasteiger partial charge in [0.1, 0.15) is 23.4 Å². The maximum Gasteiger partial charge on any atom is 0.412 e. The summed E-state index contributed by atoms with van der Waals surface area (Å²) in [6.07, 6.45) is -1.53. The molecule has 2 atom stereocenters. The first-order valence-corrected chi connectivity index (χ1v) is 8.84. The highest BCUT2D eigenvalue weighted by atomic mass is 16.6. The molecule has 9 nitrogen and oxygen atoms in total. The van der Waals surface area contributed by atoms with Crippen molar-refractivity contribution in [2.45, 2.75) is 78.3 Å². The standard InChI is InChI=1S/C18H31N3O6/c1-11-19-12(10-21(11)16(24)27-18(5,6)7)9-13(14(22)25-8)20-15(23)26-17(2,3)4/h11,13H,9-10H2,1-8H3,(H,20,23). The van der Waals surface area contributed by atoms with Gasteiger partial charge in [0, 0.05) is 12.1 Å². The highest BCUT2D eigenvalue weighted by Gasteiger charge is 2.34. The van der Waals surface area contributed by atoms with Crippen molar-refractivity contribution in [3.63, 3.8) is 0 Å². The van der Waals surface area contributed by atoms with Gasteiger partial charge in [-0.1, -0.05) is 0 Å². The predicted octanol–water partition coefficient (Wildman–Crippen LogP) is 2.48. The van der Waals surface area contributed by atoms with Crippen molar-refractivity contribution in [2.24, 2.45) is 4.99 Å². The number of alkyl carbamates (subject to hydrolysis) is 1. The monoisotopic (exact) mass is 385 g/mol. The highest BCUT2D eigenvalue weighted by molar-refractivity contribution is 5.95. The molecule has 0 bridgehead atoms. The number of ether oxygens (including phenoxy) is 3. The van der Waals surface area contributed by atoms with Gasteiger partial charge >= 0.3 is 18.2 Å². The number of hydrogen-bond donors (Lipinski definition) is 1. The largest absolute Gasteiger partial charge is 0.467 e. The number of carbonyl (C=O) groups is 3. The molecule has 0 aromatic carbocycles. The number of aliphatic imine (C=N–C) groups is 1. The molecule has 1 heterocycles. The summed E-state index contributed by atoms with van der Waals surface area (Å²) in [5.74, 6) is -0.619. The van der Waals surface area contributed by atoms with Gasteiger partial charge in [0.15, 0.2) is 0 Å². The summed E-state index contributed by atoms with van der Waals surface area (Å²) in [6, 6.07) is -0.964. The lowest BCUT2D eigenvalue weighted by molar-refractivity contribution is -0.142. The van der Waals surface area contributed by atoms with Gasteiger partial charge in [-0.3, -0.25) is 9.89 Å². The maximum atomic E-state index is 12.3. The van der Waals surface area contributed by atoms with E-state index in [1.165, 1.54) is 12.0 Å². The summed E-state index contributed by atoms with van der Waals surface area (Å²) < 4.78 is 15.3. The Hall–Kier alpha value is -2.32. The Balaban J connectivity index is 2.76. The minimum Gasteiger partial charge on any atom is -0.467 e. The number of rotatable bonds is 4. The van der Waals surface area contributed by atoms with Crippen LogP contribution in [-0.2, 0) is 19.0 Å². The van der Waals surface area contributed by atoms with E-state index in [2.05, 4.69) is 10.3 Å². The van der Waals surface area contributed by atoms with Crippen LogP contribution in [0, 0.1) is 0 Å². The van der Waals surface area contributed by atoms with Crippen molar-refractivity contribution in [1.82, 2.24) is 10.2 Å². The first kappa shape index (κ1) is 22.7. The molecule has 0 radical (unpaired) electrons. The molecular weight excluding hydrogens is 354 g/mol. The molecule has 0 aromatic rings. The van der Waals surface area contributed by atoms with Gasteiger partial charge in [0.2, 0.25) is 0 Å². The number of amides is 2. The fraction of sp³-hybridized carbons (Fsp3) is 0.778. The quantitative estimate of drug-likeness (QED) is 0.588. The van der Waals surface area contributed by atoms with Gasteiger partial charge in [-0.05, 0) is 48.5 Å². The molecule has 1 aliphatic rings.